The van der Waals surface area contributed by atoms with Crippen molar-refractivity contribution in [1.29, 1.82) is 0 Å². The van der Waals surface area contributed by atoms with E-state index in [9.17, 15) is 4.39 Å². The zero-order valence-electron chi connectivity index (χ0n) is 8.22. The molecule has 3 nitrogen and oxygen atoms in total. The van der Waals surface area contributed by atoms with Gasteiger partial charge >= 0.3 is 0 Å². The van der Waals surface area contributed by atoms with Crippen molar-refractivity contribution in [3.63, 3.8) is 0 Å². The van der Waals surface area contributed by atoms with Crippen molar-refractivity contribution >= 4 is 50.6 Å². The van der Waals surface area contributed by atoms with E-state index >= 15 is 0 Å². The second-order valence-corrected chi connectivity index (χ2v) is 4.68. The Morgan fingerprint density at radius 1 is 1.18 bits per heavy atom. The second kappa shape index (κ2) is 5.16. The zero-order chi connectivity index (χ0) is 12.4. The summed E-state index contributed by atoms with van der Waals surface area (Å²) in [7, 11) is 0. The molecule has 2 rings (SSSR count). The van der Waals surface area contributed by atoms with Crippen LogP contribution in [-0.4, -0.2) is 9.97 Å². The van der Waals surface area contributed by atoms with Crippen LogP contribution in [-0.2, 0) is 0 Å². The smallest absolute Gasteiger partial charge is 0.171 e. The molecule has 0 bridgehead atoms. The maximum absolute atomic E-state index is 13.0. The molecule has 1 aromatic carbocycles. The predicted molar refractivity (Wildman–Crippen MR) is 69.4 cm³/mol. The third-order valence-electron chi connectivity index (χ3n) is 1.90. The predicted octanol–water partition coefficient (Wildman–Crippen LogP) is 4.43. The molecule has 1 aromatic heterocycles. The third-order valence-corrected chi connectivity index (χ3v) is 3.10. The van der Waals surface area contributed by atoms with E-state index in [0.717, 1.165) is 0 Å². The van der Waals surface area contributed by atoms with Crippen molar-refractivity contribution in [2.45, 2.75) is 0 Å². The average Bonchev–Trinajstić information content (AvgIpc) is 2.25. The van der Waals surface area contributed by atoms with Crippen LogP contribution < -0.4 is 5.32 Å². The lowest BCUT2D eigenvalue weighted by atomic mass is 10.3. The van der Waals surface area contributed by atoms with E-state index in [4.69, 9.17) is 23.2 Å². The van der Waals surface area contributed by atoms with E-state index in [1.54, 1.807) is 0 Å². The van der Waals surface area contributed by atoms with E-state index in [0.29, 0.717) is 16.0 Å². The van der Waals surface area contributed by atoms with Crippen molar-refractivity contribution in [2.24, 2.45) is 0 Å². The van der Waals surface area contributed by atoms with Crippen LogP contribution in [0.2, 0.25) is 10.2 Å². The Morgan fingerprint density at radius 3 is 2.53 bits per heavy atom. The first-order chi connectivity index (χ1) is 8.08. The molecule has 7 heteroatoms. The van der Waals surface area contributed by atoms with Crippen LogP contribution in [0.15, 0.2) is 29.0 Å². The Labute approximate surface area is 115 Å². The van der Waals surface area contributed by atoms with Gasteiger partial charge in [-0.1, -0.05) is 23.2 Å². The molecule has 2 aromatic rings. The second-order valence-electron chi connectivity index (χ2n) is 3.07. The number of nitrogens with zero attached hydrogens (tertiary/aromatic N) is 2. The summed E-state index contributed by atoms with van der Waals surface area (Å²) < 4.78 is 13.5. The van der Waals surface area contributed by atoms with Crippen LogP contribution in [0.1, 0.15) is 0 Å². The fraction of sp³-hybridized carbons (Fsp3) is 0. The molecule has 0 amide bonds. The molecule has 1 heterocycles. The van der Waals surface area contributed by atoms with Crippen molar-refractivity contribution in [3.05, 3.63) is 45.0 Å². The number of aromatic nitrogens is 2. The normalized spacial score (nSPS) is 10.4. The quantitative estimate of drug-likeness (QED) is 0.881. The Kier molecular flexibility index (Phi) is 3.81. The number of nitrogens with one attached hydrogen (secondary N) is 1. The minimum absolute atomic E-state index is 0.208. The van der Waals surface area contributed by atoms with E-state index in [1.807, 2.05) is 0 Å². The minimum atomic E-state index is -0.433. The van der Waals surface area contributed by atoms with Gasteiger partial charge in [-0.3, -0.25) is 0 Å². The van der Waals surface area contributed by atoms with E-state index < -0.39 is 5.82 Å². The van der Waals surface area contributed by atoms with Gasteiger partial charge in [0.1, 0.15) is 5.82 Å². The van der Waals surface area contributed by atoms with Gasteiger partial charge in [0.2, 0.25) is 0 Å². The lowest BCUT2D eigenvalue weighted by molar-refractivity contribution is 0.627. The first-order valence-electron chi connectivity index (χ1n) is 4.46. The van der Waals surface area contributed by atoms with Gasteiger partial charge < -0.3 is 5.32 Å². The molecule has 0 radical (unpaired) electrons. The highest BCUT2D eigenvalue weighted by Gasteiger charge is 2.10. The molecule has 0 unspecified atom stereocenters. The summed E-state index contributed by atoms with van der Waals surface area (Å²) in [4.78, 5) is 7.86. The highest BCUT2D eigenvalue weighted by molar-refractivity contribution is 9.10. The van der Waals surface area contributed by atoms with Crippen molar-refractivity contribution in [3.8, 4) is 0 Å². The molecule has 88 valence electrons. The van der Waals surface area contributed by atoms with E-state index in [2.05, 4.69) is 31.2 Å². The van der Waals surface area contributed by atoms with Gasteiger partial charge in [0.15, 0.2) is 11.0 Å². The SMILES string of the molecule is Fc1cc(Cl)c(Nc2nccnc2Cl)c(Br)c1. The van der Waals surface area contributed by atoms with Crippen LogP contribution >= 0.6 is 39.1 Å². The van der Waals surface area contributed by atoms with Crippen LogP contribution in [0.5, 0.6) is 0 Å². The van der Waals surface area contributed by atoms with Gasteiger partial charge in [-0.25, -0.2) is 14.4 Å². The molecule has 0 fully saturated rings. The molecule has 0 saturated carbocycles. The zero-order valence-corrected chi connectivity index (χ0v) is 11.3. The van der Waals surface area contributed by atoms with Gasteiger partial charge in [-0.05, 0) is 28.1 Å². The van der Waals surface area contributed by atoms with Crippen molar-refractivity contribution in [2.75, 3.05) is 5.32 Å². The molecule has 0 saturated heterocycles. The van der Waals surface area contributed by atoms with Crippen LogP contribution in [0, 0.1) is 5.82 Å². The van der Waals surface area contributed by atoms with Gasteiger partial charge in [0, 0.05) is 16.9 Å². The highest BCUT2D eigenvalue weighted by atomic mass is 79.9. The average molecular weight is 337 g/mol. The molecule has 17 heavy (non-hydrogen) atoms. The molecule has 0 atom stereocenters. The summed E-state index contributed by atoms with van der Waals surface area (Å²) in [5.41, 5.74) is 0.482. The number of halogens is 4. The molecular formula is C10H5BrCl2FN3. The molecule has 0 spiro atoms. The molecular weight excluding hydrogens is 332 g/mol. The van der Waals surface area contributed by atoms with Gasteiger partial charge in [-0.2, -0.15) is 0 Å². The first kappa shape index (κ1) is 12.5. The number of hydrogen-bond acceptors (Lipinski definition) is 3. The Hall–Kier alpha value is -0.910. The maximum Gasteiger partial charge on any atom is 0.171 e. The number of anilines is 2. The molecule has 1 N–H and O–H groups in total. The molecule has 0 aliphatic carbocycles. The summed E-state index contributed by atoms with van der Waals surface area (Å²) in [6.07, 6.45) is 2.95. The van der Waals surface area contributed by atoms with Crippen LogP contribution in [0.4, 0.5) is 15.9 Å². The van der Waals surface area contributed by atoms with Gasteiger partial charge in [0.05, 0.1) is 10.7 Å². The summed E-state index contributed by atoms with van der Waals surface area (Å²) in [5.74, 6) is -0.0824. The minimum Gasteiger partial charge on any atom is -0.336 e. The Morgan fingerprint density at radius 2 is 1.88 bits per heavy atom. The van der Waals surface area contributed by atoms with Gasteiger partial charge in [-0.15, -0.1) is 0 Å². The third kappa shape index (κ3) is 2.86. The Balaban J connectivity index is 2.40. The first-order valence-corrected chi connectivity index (χ1v) is 6.01. The summed E-state index contributed by atoms with van der Waals surface area (Å²) >= 11 is 15.0. The fourth-order valence-electron chi connectivity index (χ4n) is 1.18. The number of benzene rings is 1. The molecule has 0 aliphatic heterocycles. The largest absolute Gasteiger partial charge is 0.336 e. The molecule has 0 aliphatic rings. The maximum atomic E-state index is 13.0. The van der Waals surface area contributed by atoms with E-state index in [-0.39, 0.29) is 10.2 Å². The summed E-state index contributed by atoms with van der Waals surface area (Å²) in [6, 6.07) is 2.48. The van der Waals surface area contributed by atoms with Crippen LogP contribution in [0.25, 0.3) is 0 Å². The van der Waals surface area contributed by atoms with E-state index in [1.165, 1.54) is 24.5 Å². The highest BCUT2D eigenvalue weighted by Crippen LogP contribution is 2.34. The van der Waals surface area contributed by atoms with Gasteiger partial charge in [0.25, 0.3) is 0 Å². The van der Waals surface area contributed by atoms with Crippen molar-refractivity contribution < 1.29 is 4.39 Å². The standard InChI is InChI=1S/C10H5BrCl2FN3/c11-6-3-5(14)4-7(12)8(6)17-10-9(13)15-1-2-16-10/h1-4H,(H,16,17). The Bertz CT molecular complexity index is 542. The van der Waals surface area contributed by atoms with Crippen molar-refractivity contribution in [1.82, 2.24) is 9.97 Å². The number of rotatable bonds is 2. The fourth-order valence-corrected chi connectivity index (χ4v) is 2.24. The summed E-state index contributed by atoms with van der Waals surface area (Å²) in [6.45, 7) is 0. The number of hydrogen-bond donors (Lipinski definition) is 1. The summed E-state index contributed by atoms with van der Waals surface area (Å²) in [5, 5.41) is 3.31. The lowest BCUT2D eigenvalue weighted by Gasteiger charge is -2.10. The van der Waals surface area contributed by atoms with Crippen LogP contribution in [0.3, 0.4) is 0 Å². The topological polar surface area (TPSA) is 37.8 Å². The monoisotopic (exact) mass is 335 g/mol. The lowest BCUT2D eigenvalue weighted by Crippen LogP contribution is -1.97.